The summed E-state index contributed by atoms with van der Waals surface area (Å²) in [5.41, 5.74) is 0. The van der Waals surface area contributed by atoms with Crippen LogP contribution in [0.4, 0.5) is 0 Å². The summed E-state index contributed by atoms with van der Waals surface area (Å²) in [5, 5.41) is 0.767. The second kappa shape index (κ2) is 7.40. The van der Waals surface area contributed by atoms with Crippen molar-refractivity contribution in [3.05, 3.63) is 48.6 Å². The van der Waals surface area contributed by atoms with Crippen LogP contribution >= 0.6 is 11.8 Å². The molecule has 0 bridgehead atoms. The van der Waals surface area contributed by atoms with Crippen LogP contribution in [0, 0.1) is 0 Å². The molecular formula is C16H18N2O4S2. The maximum Gasteiger partial charge on any atom is 0.233 e. The lowest BCUT2D eigenvalue weighted by molar-refractivity contribution is -0.131. The van der Waals surface area contributed by atoms with Gasteiger partial charge in [0.25, 0.3) is 0 Å². The molecule has 1 amide bonds. The van der Waals surface area contributed by atoms with Gasteiger partial charge in [0.2, 0.25) is 5.91 Å². The van der Waals surface area contributed by atoms with Crippen LogP contribution in [0.1, 0.15) is 12.2 Å². The first-order valence-electron chi connectivity index (χ1n) is 7.59. The quantitative estimate of drug-likeness (QED) is 0.727. The Balaban J connectivity index is 1.70. The van der Waals surface area contributed by atoms with E-state index in [0.717, 1.165) is 5.03 Å². The second-order valence-corrected chi connectivity index (χ2v) is 8.84. The standard InChI is InChI=1S/C16H18N2O4S2/c19-16(11-23-15-5-1-2-7-17-15)18(10-14-4-3-8-22-14)13-6-9-24(20,21)12-13/h1-5,7-8,13H,6,9-12H2. The number of nitrogens with zero attached hydrogens (tertiary/aromatic N) is 2. The Morgan fingerprint density at radius 1 is 1.33 bits per heavy atom. The van der Waals surface area contributed by atoms with E-state index < -0.39 is 9.84 Å². The molecule has 0 radical (unpaired) electrons. The summed E-state index contributed by atoms with van der Waals surface area (Å²) in [6.45, 7) is 0.287. The summed E-state index contributed by atoms with van der Waals surface area (Å²) in [7, 11) is -3.06. The Labute approximate surface area is 145 Å². The lowest BCUT2D eigenvalue weighted by Gasteiger charge is -2.27. The summed E-state index contributed by atoms with van der Waals surface area (Å²) in [6.07, 6.45) is 3.70. The van der Waals surface area contributed by atoms with Gasteiger partial charge in [-0.15, -0.1) is 0 Å². The number of pyridine rings is 1. The van der Waals surface area contributed by atoms with Gasteiger partial charge in [0, 0.05) is 12.2 Å². The zero-order valence-corrected chi connectivity index (χ0v) is 14.6. The molecule has 24 heavy (non-hydrogen) atoms. The molecule has 2 aromatic heterocycles. The maximum absolute atomic E-state index is 12.7. The molecule has 128 valence electrons. The maximum atomic E-state index is 12.7. The Morgan fingerprint density at radius 3 is 2.83 bits per heavy atom. The van der Waals surface area contributed by atoms with Gasteiger partial charge in [0.15, 0.2) is 9.84 Å². The normalized spacial score (nSPS) is 19.2. The highest BCUT2D eigenvalue weighted by Gasteiger charge is 2.35. The number of rotatable bonds is 6. The van der Waals surface area contributed by atoms with E-state index in [1.165, 1.54) is 11.8 Å². The molecule has 0 saturated carbocycles. The van der Waals surface area contributed by atoms with Gasteiger partial charge in [-0.1, -0.05) is 17.8 Å². The number of hydrogen-bond acceptors (Lipinski definition) is 6. The average Bonchev–Trinajstić information content (AvgIpc) is 3.20. The first-order valence-corrected chi connectivity index (χ1v) is 10.4. The van der Waals surface area contributed by atoms with Crippen molar-refractivity contribution in [2.45, 2.75) is 24.0 Å². The van der Waals surface area contributed by atoms with E-state index in [4.69, 9.17) is 4.42 Å². The molecule has 1 aliphatic heterocycles. The van der Waals surface area contributed by atoms with Gasteiger partial charge in [0.05, 0.1) is 35.1 Å². The highest BCUT2D eigenvalue weighted by atomic mass is 32.2. The van der Waals surface area contributed by atoms with Crippen molar-refractivity contribution in [3.63, 3.8) is 0 Å². The molecular weight excluding hydrogens is 348 g/mol. The fraction of sp³-hybridized carbons (Fsp3) is 0.375. The minimum atomic E-state index is -3.06. The number of amides is 1. The van der Waals surface area contributed by atoms with Crippen molar-refractivity contribution in [2.24, 2.45) is 0 Å². The van der Waals surface area contributed by atoms with Crippen molar-refractivity contribution in [3.8, 4) is 0 Å². The summed E-state index contributed by atoms with van der Waals surface area (Å²) >= 11 is 1.35. The van der Waals surface area contributed by atoms with Crippen LogP contribution in [0.5, 0.6) is 0 Å². The van der Waals surface area contributed by atoms with Gasteiger partial charge in [-0.3, -0.25) is 4.79 Å². The fourth-order valence-electron chi connectivity index (χ4n) is 2.66. The number of carbonyl (C=O) groups excluding carboxylic acids is 1. The average molecular weight is 366 g/mol. The Morgan fingerprint density at radius 2 is 2.21 bits per heavy atom. The summed E-state index contributed by atoms with van der Waals surface area (Å²) in [5.74, 6) is 0.911. The molecule has 1 unspecified atom stereocenters. The summed E-state index contributed by atoms with van der Waals surface area (Å²) in [6, 6.07) is 8.77. The van der Waals surface area contributed by atoms with Gasteiger partial charge in [0.1, 0.15) is 5.76 Å². The Kier molecular flexibility index (Phi) is 5.25. The lowest BCUT2D eigenvalue weighted by Crippen LogP contribution is -2.41. The Bertz CT molecular complexity index is 776. The van der Waals surface area contributed by atoms with Crippen molar-refractivity contribution in [1.29, 1.82) is 0 Å². The second-order valence-electron chi connectivity index (χ2n) is 5.61. The number of aromatic nitrogens is 1. The predicted molar refractivity (Wildman–Crippen MR) is 91.3 cm³/mol. The smallest absolute Gasteiger partial charge is 0.233 e. The zero-order valence-electron chi connectivity index (χ0n) is 13.0. The molecule has 2 aromatic rings. The molecule has 0 N–H and O–H groups in total. The van der Waals surface area contributed by atoms with E-state index in [0.29, 0.717) is 12.2 Å². The first-order chi connectivity index (χ1) is 11.5. The minimum absolute atomic E-state index is 0.0215. The number of hydrogen-bond donors (Lipinski definition) is 0. The number of furan rings is 1. The monoisotopic (exact) mass is 366 g/mol. The van der Waals surface area contributed by atoms with E-state index in [1.54, 1.807) is 29.5 Å². The van der Waals surface area contributed by atoms with Gasteiger partial charge < -0.3 is 9.32 Å². The van der Waals surface area contributed by atoms with Gasteiger partial charge >= 0.3 is 0 Å². The number of sulfone groups is 1. The van der Waals surface area contributed by atoms with Crippen molar-refractivity contribution >= 4 is 27.5 Å². The molecule has 1 saturated heterocycles. The third-order valence-electron chi connectivity index (χ3n) is 3.86. The van der Waals surface area contributed by atoms with Crippen LogP contribution in [0.25, 0.3) is 0 Å². The van der Waals surface area contributed by atoms with Gasteiger partial charge in [-0.25, -0.2) is 13.4 Å². The van der Waals surface area contributed by atoms with Gasteiger partial charge in [-0.2, -0.15) is 0 Å². The van der Waals surface area contributed by atoms with E-state index in [1.807, 2.05) is 18.2 Å². The van der Waals surface area contributed by atoms with Crippen LogP contribution in [0.15, 0.2) is 52.2 Å². The Hall–Kier alpha value is -1.80. The summed E-state index contributed by atoms with van der Waals surface area (Å²) < 4.78 is 28.9. The molecule has 0 aliphatic carbocycles. The third-order valence-corrected chi connectivity index (χ3v) is 6.54. The molecule has 3 heterocycles. The number of thioether (sulfide) groups is 1. The molecule has 1 atom stereocenters. The largest absolute Gasteiger partial charge is 0.467 e. The van der Waals surface area contributed by atoms with Crippen molar-refractivity contribution < 1.29 is 17.6 Å². The molecule has 1 aliphatic rings. The highest BCUT2D eigenvalue weighted by Crippen LogP contribution is 2.23. The first kappa shape index (κ1) is 17.0. The van der Waals surface area contributed by atoms with Crippen molar-refractivity contribution in [1.82, 2.24) is 9.88 Å². The lowest BCUT2D eigenvalue weighted by atomic mass is 10.2. The topological polar surface area (TPSA) is 80.5 Å². The van der Waals surface area contributed by atoms with Crippen LogP contribution in [-0.4, -0.2) is 47.5 Å². The molecule has 1 fully saturated rings. The van der Waals surface area contributed by atoms with Crippen LogP contribution in [0.3, 0.4) is 0 Å². The highest BCUT2D eigenvalue weighted by molar-refractivity contribution is 7.99. The van der Waals surface area contributed by atoms with E-state index in [9.17, 15) is 13.2 Å². The van der Waals surface area contributed by atoms with E-state index in [2.05, 4.69) is 4.98 Å². The van der Waals surface area contributed by atoms with Crippen LogP contribution in [-0.2, 0) is 21.2 Å². The SMILES string of the molecule is O=C(CSc1ccccn1)N(Cc1ccco1)C1CCS(=O)(=O)C1. The molecule has 0 aromatic carbocycles. The zero-order chi connectivity index (χ0) is 17.0. The van der Waals surface area contributed by atoms with E-state index in [-0.39, 0.29) is 35.8 Å². The molecule has 6 nitrogen and oxygen atoms in total. The predicted octanol–water partition coefficient (Wildman–Crippen LogP) is 1.98. The van der Waals surface area contributed by atoms with Crippen LogP contribution < -0.4 is 0 Å². The number of carbonyl (C=O) groups is 1. The van der Waals surface area contributed by atoms with Crippen LogP contribution in [0.2, 0.25) is 0 Å². The molecule has 0 spiro atoms. The fourth-order valence-corrected chi connectivity index (χ4v) is 5.14. The van der Waals surface area contributed by atoms with Gasteiger partial charge in [-0.05, 0) is 30.7 Å². The third kappa shape index (κ3) is 4.39. The summed E-state index contributed by atoms with van der Waals surface area (Å²) in [4.78, 5) is 18.5. The minimum Gasteiger partial charge on any atom is -0.467 e. The van der Waals surface area contributed by atoms with Crippen molar-refractivity contribution in [2.75, 3.05) is 17.3 Å². The van der Waals surface area contributed by atoms with E-state index >= 15 is 0 Å². The molecule has 3 rings (SSSR count). The molecule has 8 heteroatoms.